The van der Waals surface area contributed by atoms with Crippen LogP contribution in [0, 0.1) is 12.8 Å². The molecule has 1 fully saturated rings. The van der Waals surface area contributed by atoms with E-state index in [9.17, 15) is 19.5 Å². The molecule has 2 bridgehead atoms. The molecule has 8 nitrogen and oxygen atoms in total. The second-order valence-electron chi connectivity index (χ2n) is 16.2. The minimum Gasteiger partial charge on any atom is -0.481 e. The maximum Gasteiger partial charge on any atom is 0.352 e. The summed E-state index contributed by atoms with van der Waals surface area (Å²) >= 11 is 0. The molecule has 1 saturated heterocycles. The molecular formula is C43H65NO7. The first-order valence-electron chi connectivity index (χ1n) is 20.4. The fourth-order valence-electron chi connectivity index (χ4n) is 9.34. The summed E-state index contributed by atoms with van der Waals surface area (Å²) in [4.78, 5) is 41.1. The summed E-state index contributed by atoms with van der Waals surface area (Å²) in [7, 11) is 2.06. The number of esters is 2. The fourth-order valence-corrected chi connectivity index (χ4v) is 9.34. The number of ether oxygens (including phenoxy) is 3. The summed E-state index contributed by atoms with van der Waals surface area (Å²) in [6.45, 7) is 8.25. The molecule has 0 amide bonds. The highest BCUT2D eigenvalue weighted by molar-refractivity contribution is 5.86. The molecule has 1 aromatic rings. The number of aryl methyl sites for hydroxylation is 1. The average Bonchev–Trinajstić information content (AvgIpc) is 3.46. The van der Waals surface area contributed by atoms with E-state index in [1.807, 2.05) is 6.92 Å². The van der Waals surface area contributed by atoms with Gasteiger partial charge in [0.2, 0.25) is 0 Å². The molecule has 1 aromatic carbocycles. The number of hydrogen-bond donors (Lipinski definition) is 1. The number of benzene rings is 1. The van der Waals surface area contributed by atoms with Gasteiger partial charge >= 0.3 is 11.9 Å². The number of ketones is 1. The van der Waals surface area contributed by atoms with E-state index < -0.39 is 41.1 Å². The first-order valence-corrected chi connectivity index (χ1v) is 20.4. The highest BCUT2D eigenvalue weighted by Crippen LogP contribution is 2.64. The third-order valence-electron chi connectivity index (χ3n) is 12.4. The van der Waals surface area contributed by atoms with Crippen molar-refractivity contribution >= 4 is 17.7 Å². The zero-order valence-electron chi connectivity index (χ0n) is 32.2. The Morgan fingerprint density at radius 3 is 2.16 bits per heavy atom. The molecule has 51 heavy (non-hydrogen) atoms. The van der Waals surface area contributed by atoms with E-state index in [1.54, 1.807) is 13.0 Å². The monoisotopic (exact) mass is 707 g/mol. The third-order valence-corrected chi connectivity index (χ3v) is 12.4. The lowest BCUT2D eigenvalue weighted by atomic mass is 9.50. The van der Waals surface area contributed by atoms with Crippen LogP contribution in [0.2, 0.25) is 0 Å². The molecule has 4 aliphatic rings. The van der Waals surface area contributed by atoms with E-state index in [1.165, 1.54) is 89.5 Å². The molecule has 0 aromatic heterocycles. The van der Waals surface area contributed by atoms with Crippen molar-refractivity contribution < 1.29 is 33.7 Å². The van der Waals surface area contributed by atoms with Gasteiger partial charge in [-0.25, -0.2) is 4.79 Å². The van der Waals surface area contributed by atoms with Crippen molar-refractivity contribution in [2.45, 2.75) is 185 Å². The van der Waals surface area contributed by atoms with Crippen molar-refractivity contribution in [1.82, 2.24) is 4.90 Å². The van der Waals surface area contributed by atoms with Crippen molar-refractivity contribution in [1.29, 1.82) is 0 Å². The van der Waals surface area contributed by atoms with Gasteiger partial charge in [-0.3, -0.25) is 9.59 Å². The summed E-state index contributed by atoms with van der Waals surface area (Å²) in [5.41, 5.74) is 1.46. The highest BCUT2D eigenvalue weighted by atomic mass is 16.6. The molecule has 2 heterocycles. The standard InChI is InChI=1S/C43H65NO7/c1-6-7-8-9-10-11-12-13-14-15-16-17-18-19-20-21-34(45)28-31(3)40(46)49-32(4)41(47)50-35-24-25-43(48)36-29-33-23-22-30(2)38-37(33)42(43,39(35)51-38)26-27-44(36)5/h22-24,31-32,36,39,48H,6-21,25-29H2,1-5H3/t31-,32+,36-,39+,42+,43-/m1/s1. The predicted octanol–water partition coefficient (Wildman–Crippen LogP) is 8.60. The van der Waals surface area contributed by atoms with E-state index in [4.69, 9.17) is 14.2 Å². The number of piperidine rings is 1. The normalized spacial score (nSPS) is 25.7. The van der Waals surface area contributed by atoms with E-state index in [2.05, 4.69) is 31.0 Å². The Labute approximate surface area is 307 Å². The van der Waals surface area contributed by atoms with E-state index in [0.717, 1.165) is 49.1 Å². The largest absolute Gasteiger partial charge is 0.481 e. The van der Waals surface area contributed by atoms with E-state index in [0.29, 0.717) is 25.0 Å². The van der Waals surface area contributed by atoms with Crippen LogP contribution < -0.4 is 4.74 Å². The van der Waals surface area contributed by atoms with Crippen molar-refractivity contribution in [3.63, 3.8) is 0 Å². The topological polar surface area (TPSA) is 102 Å². The van der Waals surface area contributed by atoms with Gasteiger partial charge in [0, 0.05) is 30.9 Å². The van der Waals surface area contributed by atoms with Crippen LogP contribution in [0.5, 0.6) is 5.75 Å². The van der Waals surface area contributed by atoms with Crippen LogP contribution in [0.1, 0.15) is 159 Å². The summed E-state index contributed by atoms with van der Waals surface area (Å²) in [5.74, 6) is -0.704. The number of carbonyl (C=O) groups excluding carboxylic acids is 3. The van der Waals surface area contributed by atoms with E-state index >= 15 is 0 Å². The van der Waals surface area contributed by atoms with Crippen LogP contribution in [0.3, 0.4) is 0 Å². The predicted molar refractivity (Wildman–Crippen MR) is 200 cm³/mol. The quantitative estimate of drug-likeness (QED) is 0.0945. The lowest BCUT2D eigenvalue weighted by Crippen LogP contribution is -2.74. The molecular weight excluding hydrogens is 642 g/mol. The Morgan fingerprint density at radius 2 is 1.53 bits per heavy atom. The zero-order chi connectivity index (χ0) is 36.6. The molecule has 2 aliphatic heterocycles. The summed E-state index contributed by atoms with van der Waals surface area (Å²) < 4.78 is 18.0. The van der Waals surface area contributed by atoms with Gasteiger partial charge in [0.25, 0.3) is 0 Å². The van der Waals surface area contributed by atoms with Crippen LogP contribution in [0.25, 0.3) is 0 Å². The van der Waals surface area contributed by atoms with Gasteiger partial charge < -0.3 is 24.2 Å². The second kappa shape index (κ2) is 17.9. The molecule has 2 aliphatic carbocycles. The number of unbranched alkanes of at least 4 members (excludes halogenated alkanes) is 14. The average molecular weight is 708 g/mol. The molecule has 0 unspecified atom stereocenters. The van der Waals surface area contributed by atoms with Crippen LogP contribution in [0.15, 0.2) is 24.0 Å². The second-order valence-corrected chi connectivity index (χ2v) is 16.2. The van der Waals surface area contributed by atoms with Crippen molar-refractivity contribution in [3.05, 3.63) is 40.7 Å². The van der Waals surface area contributed by atoms with Gasteiger partial charge in [0.15, 0.2) is 12.2 Å². The number of likely N-dealkylation sites (tertiary alicyclic amines) is 1. The van der Waals surface area contributed by atoms with Gasteiger partial charge in [-0.2, -0.15) is 0 Å². The minimum atomic E-state index is -1.15. The van der Waals surface area contributed by atoms with Gasteiger partial charge in [-0.05, 0) is 63.9 Å². The molecule has 5 rings (SSSR count). The molecule has 0 saturated carbocycles. The van der Waals surface area contributed by atoms with Crippen molar-refractivity contribution in [2.24, 2.45) is 5.92 Å². The maximum absolute atomic E-state index is 13.3. The number of Topliss-reactive ketones (excluding diaryl/α,β-unsaturated/α-hetero) is 1. The Morgan fingerprint density at radius 1 is 0.922 bits per heavy atom. The van der Waals surface area contributed by atoms with E-state index in [-0.39, 0.29) is 18.2 Å². The molecule has 1 N–H and O–H groups in total. The first kappa shape index (κ1) is 39.5. The van der Waals surface area contributed by atoms with Gasteiger partial charge in [0.05, 0.1) is 16.9 Å². The van der Waals surface area contributed by atoms with Gasteiger partial charge in [0.1, 0.15) is 17.3 Å². The number of carbonyl (C=O) groups is 3. The van der Waals surface area contributed by atoms with Gasteiger partial charge in [-0.15, -0.1) is 0 Å². The van der Waals surface area contributed by atoms with Crippen LogP contribution in [0.4, 0.5) is 0 Å². The third kappa shape index (κ3) is 8.59. The number of hydrogen-bond acceptors (Lipinski definition) is 8. The smallest absolute Gasteiger partial charge is 0.352 e. The van der Waals surface area contributed by atoms with Crippen molar-refractivity contribution in [2.75, 3.05) is 13.6 Å². The zero-order valence-corrected chi connectivity index (χ0v) is 32.2. The molecule has 284 valence electrons. The lowest BCUT2D eigenvalue weighted by Gasteiger charge is -2.61. The minimum absolute atomic E-state index is 0.0556. The first-order chi connectivity index (χ1) is 24.5. The number of nitrogens with zero attached hydrogens (tertiary/aromatic N) is 1. The number of rotatable bonds is 22. The molecule has 6 atom stereocenters. The lowest BCUT2D eigenvalue weighted by molar-refractivity contribution is -0.176. The van der Waals surface area contributed by atoms with Crippen molar-refractivity contribution in [3.8, 4) is 5.75 Å². The number of likely N-dealkylation sites (N-methyl/N-ethyl adjacent to an activating group) is 1. The Kier molecular flexibility index (Phi) is 13.8. The Hall–Kier alpha value is -2.71. The molecule has 0 radical (unpaired) electrons. The maximum atomic E-state index is 13.3. The van der Waals surface area contributed by atoms with Gasteiger partial charge in [-0.1, -0.05) is 116 Å². The Bertz CT molecular complexity index is 1400. The SMILES string of the molecule is CCCCCCCCCCCCCCCCCC(=O)C[C@@H](C)C(=O)O[C@@H](C)C(=O)OC1=CC[C@@]2(O)[C@H]3Cc4ccc(C)c5c4[C@@]2(CCN3C)[C@H]1O5. The Balaban J connectivity index is 1.00. The molecule has 8 heteroatoms. The molecule has 1 spiro atoms. The summed E-state index contributed by atoms with van der Waals surface area (Å²) in [5, 5.41) is 12.3. The fraction of sp³-hybridized carbons (Fsp3) is 0.744. The van der Waals surface area contributed by atoms with Crippen LogP contribution in [-0.2, 0) is 35.7 Å². The summed E-state index contributed by atoms with van der Waals surface area (Å²) in [6.07, 6.45) is 21.5. The van der Waals surface area contributed by atoms with Crippen LogP contribution in [-0.4, -0.2) is 65.2 Å². The number of aliphatic hydroxyl groups is 1. The van der Waals surface area contributed by atoms with Crippen LogP contribution >= 0.6 is 0 Å². The highest BCUT2D eigenvalue weighted by Gasteiger charge is 2.71. The summed E-state index contributed by atoms with van der Waals surface area (Å²) in [6, 6.07) is 4.13.